The van der Waals surface area contributed by atoms with Crippen molar-refractivity contribution in [2.75, 3.05) is 12.4 Å². The van der Waals surface area contributed by atoms with E-state index in [0.29, 0.717) is 27.6 Å². The van der Waals surface area contributed by atoms with E-state index in [4.69, 9.17) is 9.15 Å². The average Bonchev–Trinajstić information content (AvgIpc) is 2.69. The molecule has 1 N–H and O–H groups in total. The first-order valence-electron chi connectivity index (χ1n) is 8.94. The molecule has 3 aromatic carbocycles. The van der Waals surface area contributed by atoms with Gasteiger partial charge in [0.05, 0.1) is 24.3 Å². The Kier molecular flexibility index (Phi) is 4.57. The molecule has 1 heterocycles. The minimum absolute atomic E-state index is 0.0731. The number of hydrogen-bond donors (Lipinski definition) is 1. The van der Waals surface area contributed by atoms with Crippen LogP contribution >= 0.6 is 0 Å². The van der Waals surface area contributed by atoms with Crippen LogP contribution in [0.25, 0.3) is 21.9 Å². The van der Waals surface area contributed by atoms with Gasteiger partial charge in [-0.3, -0.25) is 9.59 Å². The molecule has 0 spiro atoms. The molecule has 1 aromatic heterocycles. The van der Waals surface area contributed by atoms with Crippen LogP contribution in [0.4, 0.5) is 5.69 Å². The largest absolute Gasteiger partial charge is 0.497 e. The van der Waals surface area contributed by atoms with Crippen LogP contribution in [0.1, 0.15) is 11.1 Å². The normalized spacial score (nSPS) is 10.9. The van der Waals surface area contributed by atoms with E-state index in [1.165, 1.54) is 0 Å². The number of hydrogen-bond acceptors (Lipinski definition) is 4. The molecule has 0 radical (unpaired) electrons. The van der Waals surface area contributed by atoms with Gasteiger partial charge in [-0.05, 0) is 48.4 Å². The van der Waals surface area contributed by atoms with Gasteiger partial charge >= 0.3 is 0 Å². The van der Waals surface area contributed by atoms with Crippen molar-refractivity contribution in [3.63, 3.8) is 0 Å². The molecule has 140 valence electrons. The van der Waals surface area contributed by atoms with Crippen molar-refractivity contribution in [1.82, 2.24) is 0 Å². The zero-order valence-electron chi connectivity index (χ0n) is 15.6. The molecule has 0 atom stereocenters. The summed E-state index contributed by atoms with van der Waals surface area (Å²) in [5, 5.41) is 3.91. The van der Waals surface area contributed by atoms with Crippen LogP contribution in [0.3, 0.4) is 0 Å². The van der Waals surface area contributed by atoms with Crippen molar-refractivity contribution in [3.8, 4) is 5.75 Å². The van der Waals surface area contributed by atoms with Crippen LogP contribution in [0, 0.1) is 6.92 Å². The van der Waals surface area contributed by atoms with Gasteiger partial charge in [0.1, 0.15) is 16.9 Å². The summed E-state index contributed by atoms with van der Waals surface area (Å²) >= 11 is 0. The number of para-hydroxylation sites is 1. The maximum Gasteiger partial charge on any atom is 0.228 e. The fraction of sp³-hybridized carbons (Fsp3) is 0.130. The van der Waals surface area contributed by atoms with Crippen LogP contribution in [0.2, 0.25) is 0 Å². The van der Waals surface area contributed by atoms with Gasteiger partial charge in [-0.2, -0.15) is 0 Å². The van der Waals surface area contributed by atoms with Gasteiger partial charge in [-0.25, -0.2) is 0 Å². The van der Waals surface area contributed by atoms with Gasteiger partial charge in [-0.1, -0.05) is 24.3 Å². The Labute approximate surface area is 161 Å². The molecule has 0 bridgehead atoms. The van der Waals surface area contributed by atoms with Crippen molar-refractivity contribution in [3.05, 3.63) is 82.0 Å². The number of carbonyl (C=O) groups is 1. The third kappa shape index (κ3) is 3.34. The van der Waals surface area contributed by atoms with Crippen molar-refractivity contribution < 1.29 is 13.9 Å². The minimum Gasteiger partial charge on any atom is -0.497 e. The van der Waals surface area contributed by atoms with Crippen LogP contribution in [0.15, 0.2) is 69.9 Å². The number of benzene rings is 3. The van der Waals surface area contributed by atoms with Gasteiger partial charge in [-0.15, -0.1) is 0 Å². The predicted molar refractivity (Wildman–Crippen MR) is 110 cm³/mol. The number of rotatable bonds is 4. The summed E-state index contributed by atoms with van der Waals surface area (Å²) in [6.45, 7) is 1.90. The molecule has 4 rings (SSSR count). The average molecular weight is 373 g/mol. The number of aryl methyl sites for hydroxylation is 1. The standard InChI is InChI=1S/C23H19NO4/c1-14-4-3-5-19-22(26)18-11-8-16(13-20(18)28-23(14)19)24-21(25)12-15-6-9-17(27-2)10-7-15/h3-11,13H,12H2,1-2H3,(H,24,25). The number of fused-ring (bicyclic) bond motifs is 2. The minimum atomic E-state index is -0.149. The number of amides is 1. The summed E-state index contributed by atoms with van der Waals surface area (Å²) in [6, 6.07) is 17.9. The number of methoxy groups -OCH3 is 1. The molecule has 0 saturated heterocycles. The molecule has 0 saturated carbocycles. The summed E-state index contributed by atoms with van der Waals surface area (Å²) < 4.78 is 11.1. The second kappa shape index (κ2) is 7.19. The number of nitrogens with one attached hydrogen (secondary N) is 1. The summed E-state index contributed by atoms with van der Waals surface area (Å²) in [6.07, 6.45) is 0.239. The highest BCUT2D eigenvalue weighted by Gasteiger charge is 2.11. The van der Waals surface area contributed by atoms with E-state index >= 15 is 0 Å². The lowest BCUT2D eigenvalue weighted by molar-refractivity contribution is -0.115. The second-order valence-corrected chi connectivity index (χ2v) is 6.67. The van der Waals surface area contributed by atoms with E-state index in [1.807, 2.05) is 43.3 Å². The maximum absolute atomic E-state index is 12.7. The monoisotopic (exact) mass is 373 g/mol. The Hall–Kier alpha value is -3.60. The molecule has 28 heavy (non-hydrogen) atoms. The summed E-state index contributed by atoms with van der Waals surface area (Å²) in [5.41, 5.74) is 3.31. The first-order valence-corrected chi connectivity index (χ1v) is 8.94. The van der Waals surface area contributed by atoms with Crippen LogP contribution in [0.5, 0.6) is 5.75 Å². The summed E-state index contributed by atoms with van der Waals surface area (Å²) in [5.74, 6) is 0.597. The fourth-order valence-corrected chi connectivity index (χ4v) is 3.23. The Morgan fingerprint density at radius 3 is 2.57 bits per heavy atom. The van der Waals surface area contributed by atoms with Crippen molar-refractivity contribution in [1.29, 1.82) is 0 Å². The zero-order valence-corrected chi connectivity index (χ0v) is 15.6. The Bertz CT molecular complexity index is 1240. The van der Waals surface area contributed by atoms with Crippen molar-refractivity contribution in [2.45, 2.75) is 13.3 Å². The molecule has 1 amide bonds. The third-order valence-electron chi connectivity index (χ3n) is 4.70. The van der Waals surface area contributed by atoms with E-state index in [-0.39, 0.29) is 17.8 Å². The maximum atomic E-state index is 12.7. The van der Waals surface area contributed by atoms with E-state index in [0.717, 1.165) is 16.9 Å². The van der Waals surface area contributed by atoms with E-state index in [1.54, 1.807) is 31.4 Å². The molecular weight excluding hydrogens is 354 g/mol. The molecule has 0 aliphatic heterocycles. The van der Waals surface area contributed by atoms with Crippen LogP contribution in [-0.2, 0) is 11.2 Å². The lowest BCUT2D eigenvalue weighted by Crippen LogP contribution is -2.14. The molecule has 4 aromatic rings. The molecule has 5 nitrogen and oxygen atoms in total. The van der Waals surface area contributed by atoms with E-state index in [9.17, 15) is 9.59 Å². The predicted octanol–water partition coefficient (Wildman–Crippen LogP) is 4.44. The smallest absolute Gasteiger partial charge is 0.228 e. The number of anilines is 1. The zero-order chi connectivity index (χ0) is 19.7. The topological polar surface area (TPSA) is 68.5 Å². The lowest BCUT2D eigenvalue weighted by atomic mass is 10.1. The van der Waals surface area contributed by atoms with Gasteiger partial charge < -0.3 is 14.5 Å². The van der Waals surface area contributed by atoms with Gasteiger partial charge in [0.25, 0.3) is 0 Å². The van der Waals surface area contributed by atoms with Crippen LogP contribution in [-0.4, -0.2) is 13.0 Å². The first kappa shape index (κ1) is 17.8. The Morgan fingerprint density at radius 1 is 1.04 bits per heavy atom. The summed E-state index contributed by atoms with van der Waals surface area (Å²) in [4.78, 5) is 25.1. The van der Waals surface area contributed by atoms with Crippen molar-refractivity contribution in [2.24, 2.45) is 0 Å². The molecule has 5 heteroatoms. The lowest BCUT2D eigenvalue weighted by Gasteiger charge is -2.08. The van der Waals surface area contributed by atoms with Gasteiger partial charge in [0, 0.05) is 11.8 Å². The van der Waals surface area contributed by atoms with Crippen LogP contribution < -0.4 is 15.5 Å². The molecular formula is C23H19NO4. The quantitative estimate of drug-likeness (QED) is 0.537. The molecule has 0 fully saturated rings. The van der Waals surface area contributed by atoms with Gasteiger partial charge in [0.2, 0.25) is 11.3 Å². The second-order valence-electron chi connectivity index (χ2n) is 6.67. The third-order valence-corrected chi connectivity index (χ3v) is 4.70. The highest BCUT2D eigenvalue weighted by atomic mass is 16.5. The summed E-state index contributed by atoms with van der Waals surface area (Å²) in [7, 11) is 1.60. The van der Waals surface area contributed by atoms with E-state index in [2.05, 4.69) is 5.32 Å². The Balaban J connectivity index is 1.62. The van der Waals surface area contributed by atoms with Gasteiger partial charge in [0.15, 0.2) is 0 Å². The first-order chi connectivity index (χ1) is 13.5. The number of carbonyl (C=O) groups excluding carboxylic acids is 1. The highest BCUT2D eigenvalue weighted by molar-refractivity contribution is 5.96. The molecule has 0 aliphatic carbocycles. The molecule has 0 unspecified atom stereocenters. The van der Waals surface area contributed by atoms with E-state index < -0.39 is 0 Å². The highest BCUT2D eigenvalue weighted by Crippen LogP contribution is 2.24. The number of ether oxygens (including phenoxy) is 1. The molecule has 0 aliphatic rings. The Morgan fingerprint density at radius 2 is 1.82 bits per heavy atom. The fourth-order valence-electron chi connectivity index (χ4n) is 3.23. The van der Waals surface area contributed by atoms with Crippen molar-refractivity contribution >= 4 is 33.5 Å². The SMILES string of the molecule is COc1ccc(CC(=O)Nc2ccc3c(=O)c4cccc(C)c4oc3c2)cc1.